The molecule has 1 aromatic rings. The summed E-state index contributed by atoms with van der Waals surface area (Å²) in [6.45, 7) is 11.5. The first-order chi connectivity index (χ1) is 29.4. The number of carboxylic acids is 1. The van der Waals surface area contributed by atoms with E-state index in [2.05, 4.69) is 19.2 Å². The van der Waals surface area contributed by atoms with Crippen LogP contribution in [0.3, 0.4) is 0 Å². The number of aliphatic carboxylic acids is 1. The van der Waals surface area contributed by atoms with Gasteiger partial charge in [0, 0.05) is 25.1 Å². The number of aryl methyl sites for hydroxylation is 1. The SMILES string of the molecule is C.C.C.C.C.C.C.C.C.C.O=S(=O)=O.[CH2-]C(C)(C)NC(=O)C(CCC(CCc1ccccc1)C(=O)[O-])CC(OC1C(O)C(CCOC(C)CO)OC(OCCCCCCCCCCCCCC)C1O)C(N)=O.[Na+].[Na+]. The van der Waals surface area contributed by atoms with Crippen molar-refractivity contribution in [1.29, 1.82) is 0 Å². The van der Waals surface area contributed by atoms with Gasteiger partial charge in [0.15, 0.2) is 6.29 Å². The second kappa shape index (κ2) is 59.6. The van der Waals surface area contributed by atoms with Crippen molar-refractivity contribution in [2.24, 2.45) is 17.6 Å². The molecule has 0 aromatic heterocycles. The zero-order valence-electron chi connectivity index (χ0n) is 39.5. The third-order valence-electron chi connectivity index (χ3n) is 10.8. The summed E-state index contributed by atoms with van der Waals surface area (Å²) in [6.07, 6.45) is 6.61. The number of amides is 2. The van der Waals surface area contributed by atoms with Gasteiger partial charge in [0.1, 0.15) is 24.4 Å². The molecule has 0 spiro atoms. The third-order valence-corrected chi connectivity index (χ3v) is 10.8. The third kappa shape index (κ3) is 48.1. The predicted molar refractivity (Wildman–Crippen MR) is 298 cm³/mol. The Morgan fingerprint density at radius 2 is 1.23 bits per heavy atom. The van der Waals surface area contributed by atoms with E-state index in [4.69, 9.17) is 37.3 Å². The van der Waals surface area contributed by atoms with Gasteiger partial charge in [-0.15, -0.1) is 12.6 Å². The van der Waals surface area contributed by atoms with E-state index < -0.39 is 88.7 Å². The largest absolute Gasteiger partial charge is 1.00 e. The summed E-state index contributed by atoms with van der Waals surface area (Å²) in [4.78, 5) is 38.8. The summed E-state index contributed by atoms with van der Waals surface area (Å²) >= 11 is 0. The number of unbranched alkanes of at least 4 members (excludes halogenated alkanes) is 11. The number of aliphatic hydroxyl groups excluding tert-OH is 3. The van der Waals surface area contributed by atoms with E-state index in [9.17, 15) is 34.8 Å². The molecule has 0 saturated carbocycles. The second-order valence-electron chi connectivity index (χ2n) is 17.1. The van der Waals surface area contributed by atoms with Crippen LogP contribution in [-0.4, -0.2) is 114 Å². The number of hydrogen-bond acceptors (Lipinski definition) is 14. The number of primary amides is 1. The van der Waals surface area contributed by atoms with Gasteiger partial charge in [0.05, 0.1) is 18.8 Å². The number of ether oxygens (including phenoxy) is 4. The normalized spacial score (nSPS) is 17.5. The Morgan fingerprint density at radius 3 is 1.66 bits per heavy atom. The molecule has 1 fully saturated rings. The van der Waals surface area contributed by atoms with Crippen LogP contribution in [0.1, 0.15) is 217 Å². The van der Waals surface area contributed by atoms with Crippen LogP contribution < -0.4 is 75.3 Å². The first kappa shape index (κ1) is 102. The minimum absolute atomic E-state index is 0. The van der Waals surface area contributed by atoms with Gasteiger partial charge in [-0.2, -0.15) is 0 Å². The Kier molecular flexibility index (Phi) is 81.9. The zero-order chi connectivity index (χ0) is 46.5. The number of aliphatic hydroxyl groups is 3. The molecule has 19 heteroatoms. The van der Waals surface area contributed by atoms with E-state index in [1.54, 1.807) is 20.8 Å². The van der Waals surface area contributed by atoms with Gasteiger partial charge < -0.3 is 62.1 Å². The van der Waals surface area contributed by atoms with Crippen LogP contribution in [0, 0.1) is 18.8 Å². The maximum absolute atomic E-state index is 13.6. The number of nitrogens with two attached hydrogens (primary N) is 1. The molecule has 2 amide bonds. The van der Waals surface area contributed by atoms with Gasteiger partial charge >= 0.3 is 69.7 Å². The van der Waals surface area contributed by atoms with Gasteiger partial charge in [-0.1, -0.05) is 202 Å². The quantitative estimate of drug-likeness (QED) is 0.0378. The monoisotopic (exact) mass is 1110 g/mol. The van der Waals surface area contributed by atoms with Crippen molar-refractivity contribution in [3.8, 4) is 0 Å². The maximum atomic E-state index is 13.6. The van der Waals surface area contributed by atoms with Crippen LogP contribution in [0.2, 0.25) is 0 Å². The molecule has 6 N–H and O–H groups in total. The minimum Gasteiger partial charge on any atom is -0.550 e. The average Bonchev–Trinajstić information content (AvgIpc) is 3.20. The summed E-state index contributed by atoms with van der Waals surface area (Å²) in [7, 11) is -3.11. The number of carboxylic acid groups (broad SMARTS) is 1. The fourth-order valence-corrected chi connectivity index (χ4v) is 7.27. The smallest absolute Gasteiger partial charge is 0.550 e. The number of nitrogens with one attached hydrogen (secondary N) is 1. The number of rotatable bonds is 33. The first-order valence-corrected chi connectivity index (χ1v) is 23.4. The van der Waals surface area contributed by atoms with Crippen molar-refractivity contribution in [3.63, 3.8) is 0 Å². The van der Waals surface area contributed by atoms with Crippen molar-refractivity contribution < 1.29 is 125 Å². The van der Waals surface area contributed by atoms with Gasteiger partial charge in [-0.3, -0.25) is 9.59 Å². The van der Waals surface area contributed by atoms with Crippen molar-refractivity contribution in [3.05, 3.63) is 42.8 Å². The molecule has 438 valence electrons. The summed E-state index contributed by atoms with van der Waals surface area (Å²) in [5, 5.41) is 47.3. The average molecular weight is 1110 g/mol. The molecule has 1 heterocycles. The number of hydrogen-bond donors (Lipinski definition) is 5. The molecule has 0 bridgehead atoms. The van der Waals surface area contributed by atoms with Gasteiger partial charge in [-0.25, -0.2) is 0 Å². The van der Waals surface area contributed by atoms with Crippen LogP contribution in [-0.2, 0) is 50.4 Å². The van der Waals surface area contributed by atoms with E-state index in [1.807, 2.05) is 30.3 Å². The molecule has 1 saturated heterocycles. The predicted octanol–water partition coefficient (Wildman–Crippen LogP) is 4.06. The molecule has 1 aromatic carbocycles. The van der Waals surface area contributed by atoms with Crippen LogP contribution in [0.25, 0.3) is 0 Å². The first-order valence-electron chi connectivity index (χ1n) is 22.4. The molecule has 9 atom stereocenters. The second-order valence-corrected chi connectivity index (χ2v) is 17.5. The summed E-state index contributed by atoms with van der Waals surface area (Å²) < 4.78 is 49.1. The Bertz CT molecular complexity index is 1490. The van der Waals surface area contributed by atoms with Crippen molar-refractivity contribution >= 4 is 28.4 Å². The van der Waals surface area contributed by atoms with E-state index in [0.717, 1.165) is 31.2 Å². The van der Waals surface area contributed by atoms with Crippen LogP contribution in [0.5, 0.6) is 0 Å². The molecule has 9 unspecified atom stereocenters. The molecule has 16 nitrogen and oxygen atoms in total. The molecule has 1 aliphatic heterocycles. The topological polar surface area (TPSA) is 261 Å². The van der Waals surface area contributed by atoms with Crippen LogP contribution in [0.15, 0.2) is 30.3 Å². The molecular weight excluding hydrogens is 991 g/mol. The fourth-order valence-electron chi connectivity index (χ4n) is 7.27. The molecular formula is C55H116N2Na2O14S. The van der Waals surface area contributed by atoms with Gasteiger partial charge in [0.25, 0.3) is 0 Å². The Hall–Kier alpha value is -1.03. The molecule has 2 rings (SSSR count). The number of carbonyl (C=O) groups is 3. The number of benzene rings is 1. The Morgan fingerprint density at radius 1 is 0.770 bits per heavy atom. The summed E-state index contributed by atoms with van der Waals surface area (Å²) in [5.41, 5.74) is 5.94. The summed E-state index contributed by atoms with van der Waals surface area (Å²) in [6, 6.07) is 9.46. The number of carbonyl (C=O) groups excluding carboxylic acids is 3. The van der Waals surface area contributed by atoms with Crippen molar-refractivity contribution in [2.75, 3.05) is 19.8 Å². The molecule has 74 heavy (non-hydrogen) atoms. The maximum Gasteiger partial charge on any atom is 1.00 e. The van der Waals surface area contributed by atoms with Crippen LogP contribution in [0.4, 0.5) is 0 Å². The van der Waals surface area contributed by atoms with E-state index in [0.29, 0.717) is 19.4 Å². The van der Waals surface area contributed by atoms with E-state index in [-0.39, 0.29) is 172 Å². The van der Waals surface area contributed by atoms with Crippen LogP contribution >= 0.6 is 0 Å². The van der Waals surface area contributed by atoms with Crippen molar-refractivity contribution in [1.82, 2.24) is 5.32 Å². The fraction of sp³-hybridized carbons (Fsp3) is 0.818. The van der Waals surface area contributed by atoms with E-state index >= 15 is 0 Å². The Labute approximate surface area is 501 Å². The molecule has 0 aliphatic carbocycles. The Balaban J connectivity index is -0.000000231. The summed E-state index contributed by atoms with van der Waals surface area (Å²) in [5.74, 6) is -4.44. The zero-order valence-corrected chi connectivity index (χ0v) is 44.3. The molecule has 0 radical (unpaired) electrons. The minimum atomic E-state index is -3.11. The van der Waals surface area contributed by atoms with Gasteiger partial charge in [-0.05, 0) is 63.4 Å². The van der Waals surface area contributed by atoms with Crippen molar-refractivity contribution in [2.45, 2.75) is 266 Å². The molecule has 1 aliphatic rings. The van der Waals surface area contributed by atoms with Gasteiger partial charge in [0.2, 0.25) is 11.8 Å². The van der Waals surface area contributed by atoms with E-state index in [1.165, 1.54) is 51.4 Å². The standard InChI is InChI=1S/C45H77N2O11.10CH4.2Na.O3S/c1-6-7-8-9-10-11-12-13-14-15-16-20-28-56-44-39(50)40(38(49)36(58-44)27-29-55-32(2)31-48)57-37(41(46)51)30-35(42(52)47-45(3,4)5)26-25-34(43(53)54)24-23-33-21-18-17-19-22-33;;;;;;;;;;;;;1-4(2)3/h17-19,21-22,32,34-40,44,48-50H,3,6-16,20,23-31H2,1-2,4-5H3,(H2,46,51)(H,47,52)(H,53,54);10*1H4;;;/q-1;;;;;;;;;;;2*+1;/p-1.